The molecule has 0 unspecified atom stereocenters. The fourth-order valence-electron chi connectivity index (χ4n) is 1.23. The smallest absolute Gasteiger partial charge is 0.326 e. The summed E-state index contributed by atoms with van der Waals surface area (Å²) in [7, 11) is 0. The van der Waals surface area contributed by atoms with Crippen molar-refractivity contribution < 1.29 is 22.0 Å². The first kappa shape index (κ1) is 13.1. The van der Waals surface area contributed by atoms with Gasteiger partial charge in [-0.3, -0.25) is 0 Å². The molecule has 8 heteroatoms. The van der Waals surface area contributed by atoms with E-state index < -0.39 is 41.0 Å². The van der Waals surface area contributed by atoms with E-state index in [-0.39, 0.29) is 0 Å². The molecule has 0 atom stereocenters. The SMILES string of the molecule is NCc1c(C(F)F)cnc(Cl)c1C(F)(F)F. The van der Waals surface area contributed by atoms with Crippen LogP contribution in [0.3, 0.4) is 0 Å². The molecule has 0 aliphatic heterocycles. The molecular formula is C8H6ClF5N2. The van der Waals surface area contributed by atoms with Crippen LogP contribution in [0.25, 0.3) is 0 Å². The normalized spacial score (nSPS) is 12.2. The van der Waals surface area contributed by atoms with E-state index in [4.69, 9.17) is 17.3 Å². The summed E-state index contributed by atoms with van der Waals surface area (Å²) in [5.74, 6) is 0. The van der Waals surface area contributed by atoms with Crippen LogP contribution in [-0.4, -0.2) is 4.98 Å². The summed E-state index contributed by atoms with van der Waals surface area (Å²) in [5.41, 5.74) is 2.07. The van der Waals surface area contributed by atoms with Gasteiger partial charge in [0.2, 0.25) is 0 Å². The lowest BCUT2D eigenvalue weighted by Gasteiger charge is -2.15. The van der Waals surface area contributed by atoms with E-state index in [1.807, 2.05) is 0 Å². The summed E-state index contributed by atoms with van der Waals surface area (Å²) >= 11 is 5.24. The zero-order valence-corrected chi connectivity index (χ0v) is 8.41. The quantitative estimate of drug-likeness (QED) is 0.655. The molecule has 1 aromatic rings. The number of nitrogens with zero attached hydrogens (tertiary/aromatic N) is 1. The second-order valence-electron chi connectivity index (χ2n) is 2.86. The number of halogens is 6. The molecule has 1 heterocycles. The van der Waals surface area contributed by atoms with Crippen molar-refractivity contribution in [1.82, 2.24) is 4.98 Å². The third-order valence-electron chi connectivity index (χ3n) is 1.90. The number of alkyl halides is 5. The lowest BCUT2D eigenvalue weighted by molar-refractivity contribution is -0.138. The molecule has 1 rings (SSSR count). The van der Waals surface area contributed by atoms with Gasteiger partial charge in [-0.25, -0.2) is 13.8 Å². The van der Waals surface area contributed by atoms with Gasteiger partial charge in [0, 0.05) is 18.3 Å². The van der Waals surface area contributed by atoms with Gasteiger partial charge in [-0.15, -0.1) is 0 Å². The van der Waals surface area contributed by atoms with Crippen molar-refractivity contribution in [3.8, 4) is 0 Å². The monoisotopic (exact) mass is 260 g/mol. The molecule has 0 aromatic carbocycles. The molecule has 16 heavy (non-hydrogen) atoms. The van der Waals surface area contributed by atoms with Gasteiger partial charge < -0.3 is 5.73 Å². The van der Waals surface area contributed by atoms with Crippen LogP contribution in [-0.2, 0) is 12.7 Å². The lowest BCUT2D eigenvalue weighted by atomic mass is 10.0. The van der Waals surface area contributed by atoms with Gasteiger partial charge in [0.15, 0.2) is 0 Å². The van der Waals surface area contributed by atoms with Crippen molar-refractivity contribution >= 4 is 11.6 Å². The fourth-order valence-corrected chi connectivity index (χ4v) is 1.50. The number of aromatic nitrogens is 1. The Labute approximate surface area is 92.2 Å². The van der Waals surface area contributed by atoms with Crippen molar-refractivity contribution in [2.45, 2.75) is 19.1 Å². The van der Waals surface area contributed by atoms with Gasteiger partial charge in [-0.2, -0.15) is 13.2 Å². The van der Waals surface area contributed by atoms with Gasteiger partial charge in [0.25, 0.3) is 6.43 Å². The molecule has 0 aliphatic carbocycles. The molecular weight excluding hydrogens is 255 g/mol. The highest BCUT2D eigenvalue weighted by atomic mass is 35.5. The minimum atomic E-state index is -4.86. The second-order valence-corrected chi connectivity index (χ2v) is 3.22. The van der Waals surface area contributed by atoms with Crippen LogP contribution in [0, 0.1) is 0 Å². The van der Waals surface area contributed by atoms with Gasteiger partial charge in [-0.1, -0.05) is 11.6 Å². The van der Waals surface area contributed by atoms with E-state index in [1.54, 1.807) is 0 Å². The van der Waals surface area contributed by atoms with E-state index in [0.717, 1.165) is 0 Å². The topological polar surface area (TPSA) is 38.9 Å². The maximum atomic E-state index is 12.5. The Bertz CT molecular complexity index is 391. The highest BCUT2D eigenvalue weighted by Crippen LogP contribution is 2.39. The molecule has 0 fully saturated rings. The van der Waals surface area contributed by atoms with Crippen LogP contribution < -0.4 is 5.73 Å². The largest absolute Gasteiger partial charge is 0.419 e. The highest BCUT2D eigenvalue weighted by molar-refractivity contribution is 6.30. The first-order valence-corrected chi connectivity index (χ1v) is 4.39. The molecule has 0 spiro atoms. The van der Waals surface area contributed by atoms with Gasteiger partial charge >= 0.3 is 6.18 Å². The maximum Gasteiger partial charge on any atom is 0.419 e. The molecule has 0 aliphatic rings. The number of nitrogens with two attached hydrogens (primary N) is 1. The van der Waals surface area contributed by atoms with Gasteiger partial charge in [0.1, 0.15) is 5.15 Å². The second kappa shape index (κ2) is 4.50. The van der Waals surface area contributed by atoms with Crippen molar-refractivity contribution in [1.29, 1.82) is 0 Å². The minimum Gasteiger partial charge on any atom is -0.326 e. The zero-order valence-electron chi connectivity index (χ0n) is 7.65. The summed E-state index contributed by atoms with van der Waals surface area (Å²) in [6, 6.07) is 0. The summed E-state index contributed by atoms with van der Waals surface area (Å²) in [6.07, 6.45) is -7.34. The molecule has 1 aromatic heterocycles. The third kappa shape index (κ3) is 2.41. The Morgan fingerprint density at radius 3 is 2.31 bits per heavy atom. The van der Waals surface area contributed by atoms with Crippen LogP contribution >= 0.6 is 11.6 Å². The molecule has 0 saturated carbocycles. The standard InChI is InChI=1S/C8H6ClF5N2/c9-6-5(8(12,13)14)3(1-15)4(2-16-6)7(10)11/h2,7H,1,15H2. The first-order valence-electron chi connectivity index (χ1n) is 4.01. The third-order valence-corrected chi connectivity index (χ3v) is 2.18. The Morgan fingerprint density at radius 1 is 1.38 bits per heavy atom. The van der Waals surface area contributed by atoms with Crippen molar-refractivity contribution in [3.05, 3.63) is 28.0 Å². The van der Waals surface area contributed by atoms with E-state index >= 15 is 0 Å². The number of hydrogen-bond donors (Lipinski definition) is 1. The van der Waals surface area contributed by atoms with Crippen LogP contribution in [0.1, 0.15) is 23.1 Å². The van der Waals surface area contributed by atoms with E-state index in [9.17, 15) is 22.0 Å². The van der Waals surface area contributed by atoms with E-state index in [0.29, 0.717) is 6.20 Å². The van der Waals surface area contributed by atoms with Gasteiger partial charge in [0.05, 0.1) is 5.56 Å². The average molecular weight is 261 g/mol. The summed E-state index contributed by atoms with van der Waals surface area (Å²) in [4.78, 5) is 3.09. The molecule has 0 saturated heterocycles. The Kier molecular flexibility index (Phi) is 3.69. The number of pyridine rings is 1. The first-order chi connectivity index (χ1) is 7.29. The Balaban J connectivity index is 3.51. The van der Waals surface area contributed by atoms with E-state index in [2.05, 4.69) is 4.98 Å². The lowest BCUT2D eigenvalue weighted by Crippen LogP contribution is -2.16. The minimum absolute atomic E-state index is 0.602. The molecule has 0 amide bonds. The summed E-state index contributed by atoms with van der Waals surface area (Å²) < 4.78 is 62.4. The predicted molar refractivity (Wildman–Crippen MR) is 47.1 cm³/mol. The predicted octanol–water partition coefficient (Wildman–Crippen LogP) is 3.15. The molecule has 2 nitrogen and oxygen atoms in total. The Morgan fingerprint density at radius 2 is 1.94 bits per heavy atom. The van der Waals surface area contributed by atoms with Crippen molar-refractivity contribution in [2.24, 2.45) is 5.73 Å². The summed E-state index contributed by atoms with van der Waals surface area (Å²) in [5, 5.41) is -0.877. The molecule has 2 N–H and O–H groups in total. The number of hydrogen-bond acceptors (Lipinski definition) is 2. The Hall–Kier alpha value is -0.950. The van der Waals surface area contributed by atoms with Crippen LogP contribution in [0.4, 0.5) is 22.0 Å². The zero-order chi connectivity index (χ0) is 12.5. The highest BCUT2D eigenvalue weighted by Gasteiger charge is 2.38. The molecule has 90 valence electrons. The average Bonchev–Trinajstić information content (AvgIpc) is 2.14. The number of rotatable bonds is 2. The maximum absolute atomic E-state index is 12.5. The fraction of sp³-hybridized carbons (Fsp3) is 0.375. The van der Waals surface area contributed by atoms with Crippen LogP contribution in [0.2, 0.25) is 5.15 Å². The molecule has 0 bridgehead atoms. The van der Waals surface area contributed by atoms with Crippen molar-refractivity contribution in [2.75, 3.05) is 0 Å². The summed E-state index contributed by atoms with van der Waals surface area (Å²) in [6.45, 7) is -0.684. The van der Waals surface area contributed by atoms with Gasteiger partial charge in [-0.05, 0) is 5.56 Å². The van der Waals surface area contributed by atoms with Crippen molar-refractivity contribution in [3.63, 3.8) is 0 Å². The van der Waals surface area contributed by atoms with E-state index in [1.165, 1.54) is 0 Å². The van der Waals surface area contributed by atoms with Crippen LogP contribution in [0.15, 0.2) is 6.20 Å². The van der Waals surface area contributed by atoms with Crippen LogP contribution in [0.5, 0.6) is 0 Å². The molecule has 0 radical (unpaired) electrons.